The summed E-state index contributed by atoms with van der Waals surface area (Å²) in [7, 11) is 0. The van der Waals surface area contributed by atoms with Gasteiger partial charge < -0.3 is 5.11 Å². The molecule has 0 aromatic heterocycles. The molecule has 0 aliphatic carbocycles. The van der Waals surface area contributed by atoms with E-state index < -0.39 is 0 Å². The molecule has 0 saturated heterocycles. The minimum Gasteiger partial charge on any atom is -0.508 e. The Morgan fingerprint density at radius 3 is 1.95 bits per heavy atom. The zero-order valence-electron chi connectivity index (χ0n) is 13.9. The Labute approximate surface area is 135 Å². The molecule has 22 heavy (non-hydrogen) atoms. The lowest BCUT2D eigenvalue weighted by Crippen LogP contribution is -1.99. The number of aryl methyl sites for hydroxylation is 2. The molecule has 0 amide bonds. The second-order valence-electron chi connectivity index (χ2n) is 6.12. The van der Waals surface area contributed by atoms with Crippen molar-refractivity contribution >= 4 is 0 Å². The zero-order chi connectivity index (χ0) is 15.8. The van der Waals surface area contributed by atoms with Crippen molar-refractivity contribution in [1.29, 1.82) is 0 Å². The van der Waals surface area contributed by atoms with Crippen molar-refractivity contribution in [3.63, 3.8) is 0 Å². The van der Waals surface area contributed by atoms with Crippen LogP contribution in [0.25, 0.3) is 0 Å². The maximum atomic E-state index is 10.4. The van der Waals surface area contributed by atoms with Crippen molar-refractivity contribution in [2.75, 3.05) is 0 Å². The van der Waals surface area contributed by atoms with Gasteiger partial charge >= 0.3 is 0 Å². The minimum absolute atomic E-state index is 0.454. The van der Waals surface area contributed by atoms with E-state index in [9.17, 15) is 5.11 Å². The first-order chi connectivity index (χ1) is 10.7. The van der Waals surface area contributed by atoms with E-state index in [1.165, 1.54) is 42.4 Å². The van der Waals surface area contributed by atoms with Crippen LogP contribution in [-0.4, -0.2) is 5.11 Å². The molecule has 0 saturated carbocycles. The molecule has 1 heteroatoms. The molecule has 0 radical (unpaired) electrons. The van der Waals surface area contributed by atoms with Gasteiger partial charge in [0, 0.05) is 6.42 Å². The van der Waals surface area contributed by atoms with Crippen LogP contribution in [0.5, 0.6) is 5.75 Å². The van der Waals surface area contributed by atoms with E-state index >= 15 is 0 Å². The van der Waals surface area contributed by atoms with E-state index in [4.69, 9.17) is 0 Å². The monoisotopic (exact) mass is 296 g/mol. The third-order valence-corrected chi connectivity index (χ3v) is 4.24. The van der Waals surface area contributed by atoms with E-state index in [-0.39, 0.29) is 0 Å². The molecule has 1 nitrogen and oxygen atoms in total. The van der Waals surface area contributed by atoms with Gasteiger partial charge in [-0.05, 0) is 54.0 Å². The van der Waals surface area contributed by atoms with Crippen molar-refractivity contribution in [2.24, 2.45) is 0 Å². The molecular weight excluding hydrogens is 268 g/mol. The maximum absolute atomic E-state index is 10.4. The molecule has 0 aliphatic rings. The van der Waals surface area contributed by atoms with Crippen LogP contribution < -0.4 is 0 Å². The molecule has 0 aliphatic heterocycles. The Bertz CT molecular complexity index is 572. The molecule has 2 aromatic carbocycles. The molecule has 2 rings (SSSR count). The highest BCUT2D eigenvalue weighted by molar-refractivity contribution is 5.44. The third-order valence-electron chi connectivity index (χ3n) is 4.24. The standard InChI is InChI=1S/C21H28O/c1-3-5-12-18-15-20(14-17-10-8-7-9-11-17)21(22)16-19(18)13-6-4-2/h7-11,15-16,22H,3-6,12-14H2,1-2H3. The number of phenolic OH excluding ortho intramolecular Hbond substituents is 1. The first kappa shape index (κ1) is 16.6. The highest BCUT2D eigenvalue weighted by Gasteiger charge is 2.10. The van der Waals surface area contributed by atoms with Gasteiger partial charge in [-0.1, -0.05) is 63.1 Å². The Hall–Kier alpha value is -1.76. The molecular formula is C21H28O. The van der Waals surface area contributed by atoms with Gasteiger partial charge in [-0.25, -0.2) is 0 Å². The number of unbranched alkanes of at least 4 members (excludes halogenated alkanes) is 2. The lowest BCUT2D eigenvalue weighted by Gasteiger charge is -2.14. The summed E-state index contributed by atoms with van der Waals surface area (Å²) in [5, 5.41) is 10.4. The van der Waals surface area contributed by atoms with Gasteiger partial charge in [-0.3, -0.25) is 0 Å². The van der Waals surface area contributed by atoms with Crippen molar-refractivity contribution in [3.8, 4) is 5.75 Å². The van der Waals surface area contributed by atoms with E-state index in [0.29, 0.717) is 5.75 Å². The van der Waals surface area contributed by atoms with Crippen molar-refractivity contribution < 1.29 is 5.11 Å². The second kappa shape index (κ2) is 8.63. The SMILES string of the molecule is CCCCc1cc(O)c(Cc2ccccc2)cc1CCCC. The topological polar surface area (TPSA) is 20.2 Å². The molecule has 2 aromatic rings. The minimum atomic E-state index is 0.454. The molecule has 118 valence electrons. The summed E-state index contributed by atoms with van der Waals surface area (Å²) in [5.41, 5.74) is 5.07. The fourth-order valence-electron chi connectivity index (χ4n) is 2.88. The lowest BCUT2D eigenvalue weighted by atomic mass is 9.93. The fraction of sp³-hybridized carbons (Fsp3) is 0.429. The van der Waals surface area contributed by atoms with Gasteiger partial charge in [-0.2, -0.15) is 0 Å². The van der Waals surface area contributed by atoms with Crippen LogP contribution in [0.2, 0.25) is 0 Å². The summed E-state index contributed by atoms with van der Waals surface area (Å²) in [4.78, 5) is 0. The van der Waals surface area contributed by atoms with Crippen LogP contribution in [0.15, 0.2) is 42.5 Å². The predicted molar refractivity (Wildman–Crippen MR) is 94.6 cm³/mol. The number of phenols is 1. The number of benzene rings is 2. The van der Waals surface area contributed by atoms with E-state index in [1.807, 2.05) is 12.1 Å². The van der Waals surface area contributed by atoms with E-state index in [2.05, 4.69) is 44.2 Å². The summed E-state index contributed by atoms with van der Waals surface area (Å²) in [5.74, 6) is 0.454. The summed E-state index contributed by atoms with van der Waals surface area (Å²) >= 11 is 0. The first-order valence-corrected chi connectivity index (χ1v) is 8.62. The van der Waals surface area contributed by atoms with Gasteiger partial charge in [-0.15, -0.1) is 0 Å². The predicted octanol–water partition coefficient (Wildman–Crippen LogP) is 5.67. The number of hydrogen-bond donors (Lipinski definition) is 1. The largest absolute Gasteiger partial charge is 0.508 e. The first-order valence-electron chi connectivity index (χ1n) is 8.62. The normalized spacial score (nSPS) is 10.8. The van der Waals surface area contributed by atoms with Crippen LogP contribution in [0.4, 0.5) is 0 Å². The highest BCUT2D eigenvalue weighted by atomic mass is 16.3. The number of rotatable bonds is 8. The van der Waals surface area contributed by atoms with Crippen LogP contribution in [0.3, 0.4) is 0 Å². The number of hydrogen-bond acceptors (Lipinski definition) is 1. The summed E-state index contributed by atoms with van der Waals surface area (Å²) in [6, 6.07) is 14.6. The van der Waals surface area contributed by atoms with Crippen molar-refractivity contribution in [1.82, 2.24) is 0 Å². The summed E-state index contributed by atoms with van der Waals surface area (Å²) < 4.78 is 0. The van der Waals surface area contributed by atoms with Gasteiger partial charge in [0.15, 0.2) is 0 Å². The maximum Gasteiger partial charge on any atom is 0.119 e. The third kappa shape index (κ3) is 4.62. The Balaban J connectivity index is 2.25. The summed E-state index contributed by atoms with van der Waals surface area (Å²) in [6.45, 7) is 4.45. The lowest BCUT2D eigenvalue weighted by molar-refractivity contribution is 0.468. The van der Waals surface area contributed by atoms with Crippen LogP contribution in [0.1, 0.15) is 61.8 Å². The second-order valence-corrected chi connectivity index (χ2v) is 6.12. The smallest absolute Gasteiger partial charge is 0.119 e. The van der Waals surface area contributed by atoms with Crippen LogP contribution in [-0.2, 0) is 19.3 Å². The van der Waals surface area contributed by atoms with Gasteiger partial charge in [0.05, 0.1) is 0 Å². The summed E-state index contributed by atoms with van der Waals surface area (Å²) in [6.07, 6.45) is 7.82. The molecule has 1 N–H and O–H groups in total. The zero-order valence-corrected chi connectivity index (χ0v) is 13.9. The van der Waals surface area contributed by atoms with Crippen LogP contribution in [0, 0.1) is 0 Å². The quantitative estimate of drug-likeness (QED) is 0.665. The molecule has 0 spiro atoms. The highest BCUT2D eigenvalue weighted by Crippen LogP contribution is 2.27. The van der Waals surface area contributed by atoms with Crippen molar-refractivity contribution in [2.45, 2.75) is 58.8 Å². The average Bonchev–Trinajstić information content (AvgIpc) is 2.54. The van der Waals surface area contributed by atoms with Gasteiger partial charge in [0.1, 0.15) is 5.75 Å². The average molecular weight is 296 g/mol. The van der Waals surface area contributed by atoms with Gasteiger partial charge in [0.25, 0.3) is 0 Å². The molecule has 0 unspecified atom stereocenters. The Morgan fingerprint density at radius 2 is 1.36 bits per heavy atom. The van der Waals surface area contributed by atoms with Gasteiger partial charge in [0.2, 0.25) is 0 Å². The van der Waals surface area contributed by atoms with Crippen molar-refractivity contribution in [3.05, 3.63) is 64.7 Å². The molecule has 0 heterocycles. The molecule has 0 atom stereocenters. The molecule has 0 bridgehead atoms. The van der Waals surface area contributed by atoms with E-state index in [0.717, 1.165) is 24.8 Å². The number of aromatic hydroxyl groups is 1. The Kier molecular flexibility index (Phi) is 6.51. The van der Waals surface area contributed by atoms with Crippen LogP contribution >= 0.6 is 0 Å². The Morgan fingerprint density at radius 1 is 0.773 bits per heavy atom. The fourth-order valence-corrected chi connectivity index (χ4v) is 2.88. The molecule has 0 fully saturated rings. The van der Waals surface area contributed by atoms with E-state index in [1.54, 1.807) is 0 Å².